The van der Waals surface area contributed by atoms with Crippen molar-refractivity contribution >= 4 is 16.5 Å². The van der Waals surface area contributed by atoms with Gasteiger partial charge in [-0.1, -0.05) is 6.92 Å². The van der Waals surface area contributed by atoms with E-state index >= 15 is 0 Å². The number of thiazole rings is 1. The molecule has 1 aliphatic rings. The van der Waals surface area contributed by atoms with Crippen LogP contribution in [-0.4, -0.2) is 18.2 Å². The summed E-state index contributed by atoms with van der Waals surface area (Å²) in [4.78, 5) is 5.39. The van der Waals surface area contributed by atoms with E-state index in [1.807, 2.05) is 6.20 Å². The third kappa shape index (κ3) is 1.69. The summed E-state index contributed by atoms with van der Waals surface area (Å²) in [6.07, 6.45) is 4.06. The average molecular weight is 198 g/mol. The number of nitrogen functional groups attached to an aromatic ring is 1. The van der Waals surface area contributed by atoms with Crippen LogP contribution in [0.25, 0.3) is 0 Å². The van der Waals surface area contributed by atoms with Crippen LogP contribution in [0.15, 0.2) is 6.20 Å². The number of rotatable bonds is 1. The lowest BCUT2D eigenvalue weighted by Gasteiger charge is -2.32. The Morgan fingerprint density at radius 1 is 1.54 bits per heavy atom. The van der Waals surface area contributed by atoms with Crippen molar-refractivity contribution in [3.8, 4) is 0 Å². The molecule has 1 aromatic rings. The molecule has 3 nitrogen and oxygen atoms in total. The molecule has 4 heteroatoms. The SMILES string of the molecule is CC1(c2cnc(N)s2)CCOCC1. The van der Waals surface area contributed by atoms with Gasteiger partial charge >= 0.3 is 0 Å². The predicted octanol–water partition coefficient (Wildman–Crippen LogP) is 1.79. The number of ether oxygens (including phenoxy) is 1. The van der Waals surface area contributed by atoms with Crippen molar-refractivity contribution in [2.24, 2.45) is 0 Å². The molecule has 1 fully saturated rings. The van der Waals surface area contributed by atoms with Crippen LogP contribution in [0.1, 0.15) is 24.6 Å². The second-order valence-corrected chi connectivity index (χ2v) is 4.80. The number of anilines is 1. The lowest BCUT2D eigenvalue weighted by atomic mass is 9.81. The number of nitrogens with zero attached hydrogens (tertiary/aromatic N) is 1. The maximum Gasteiger partial charge on any atom is 0.180 e. The average Bonchev–Trinajstić information content (AvgIpc) is 2.54. The fraction of sp³-hybridized carbons (Fsp3) is 0.667. The van der Waals surface area contributed by atoms with Crippen molar-refractivity contribution < 1.29 is 4.74 Å². The van der Waals surface area contributed by atoms with E-state index in [1.165, 1.54) is 4.88 Å². The van der Waals surface area contributed by atoms with Crippen LogP contribution in [0.4, 0.5) is 5.13 Å². The minimum atomic E-state index is 0.244. The molecule has 0 aliphatic carbocycles. The van der Waals surface area contributed by atoms with Crippen LogP contribution in [0, 0.1) is 0 Å². The van der Waals surface area contributed by atoms with Gasteiger partial charge in [0.05, 0.1) is 0 Å². The van der Waals surface area contributed by atoms with Gasteiger partial charge in [-0.05, 0) is 12.8 Å². The molecule has 2 rings (SSSR count). The minimum absolute atomic E-state index is 0.244. The smallest absolute Gasteiger partial charge is 0.180 e. The maximum absolute atomic E-state index is 5.62. The van der Waals surface area contributed by atoms with E-state index < -0.39 is 0 Å². The van der Waals surface area contributed by atoms with Crippen molar-refractivity contribution in [2.75, 3.05) is 18.9 Å². The maximum atomic E-state index is 5.62. The van der Waals surface area contributed by atoms with E-state index in [-0.39, 0.29) is 5.41 Å². The van der Waals surface area contributed by atoms with Gasteiger partial charge < -0.3 is 10.5 Å². The van der Waals surface area contributed by atoms with Gasteiger partial charge in [0.2, 0.25) is 0 Å². The van der Waals surface area contributed by atoms with Gasteiger partial charge in [0.1, 0.15) is 0 Å². The Kier molecular flexibility index (Phi) is 2.26. The van der Waals surface area contributed by atoms with Crippen molar-refractivity contribution in [1.82, 2.24) is 4.98 Å². The highest BCUT2D eigenvalue weighted by Gasteiger charge is 2.30. The normalized spacial score (nSPS) is 21.6. The lowest BCUT2D eigenvalue weighted by Crippen LogP contribution is -2.29. The van der Waals surface area contributed by atoms with Gasteiger partial charge in [-0.3, -0.25) is 0 Å². The standard InChI is InChI=1S/C9H14N2OS/c1-9(2-4-12-5-3-9)7-6-11-8(10)13-7/h6H,2-5H2,1H3,(H2,10,11). The highest BCUT2D eigenvalue weighted by atomic mass is 32.1. The number of aromatic nitrogens is 1. The van der Waals surface area contributed by atoms with Crippen LogP contribution >= 0.6 is 11.3 Å². The molecule has 0 bridgehead atoms. The van der Waals surface area contributed by atoms with Gasteiger partial charge in [0.25, 0.3) is 0 Å². The molecule has 0 atom stereocenters. The Bertz CT molecular complexity index is 292. The highest BCUT2D eigenvalue weighted by molar-refractivity contribution is 7.15. The Morgan fingerprint density at radius 2 is 2.23 bits per heavy atom. The van der Waals surface area contributed by atoms with E-state index in [2.05, 4.69) is 11.9 Å². The first kappa shape index (κ1) is 8.97. The topological polar surface area (TPSA) is 48.1 Å². The zero-order valence-electron chi connectivity index (χ0n) is 7.75. The van der Waals surface area contributed by atoms with Gasteiger partial charge in [-0.15, -0.1) is 11.3 Å². The van der Waals surface area contributed by atoms with E-state index in [0.717, 1.165) is 26.1 Å². The molecule has 72 valence electrons. The molecule has 0 amide bonds. The Balaban J connectivity index is 2.22. The summed E-state index contributed by atoms with van der Waals surface area (Å²) >= 11 is 1.60. The van der Waals surface area contributed by atoms with E-state index in [1.54, 1.807) is 11.3 Å². The second-order valence-electron chi connectivity index (χ2n) is 3.74. The van der Waals surface area contributed by atoms with Gasteiger partial charge in [-0.2, -0.15) is 0 Å². The molecule has 13 heavy (non-hydrogen) atoms. The van der Waals surface area contributed by atoms with Gasteiger partial charge in [0.15, 0.2) is 5.13 Å². The largest absolute Gasteiger partial charge is 0.381 e. The summed E-state index contributed by atoms with van der Waals surface area (Å²) in [6, 6.07) is 0. The summed E-state index contributed by atoms with van der Waals surface area (Å²) in [6.45, 7) is 3.98. The third-order valence-electron chi connectivity index (χ3n) is 2.71. The summed E-state index contributed by atoms with van der Waals surface area (Å²) < 4.78 is 5.35. The highest BCUT2D eigenvalue weighted by Crippen LogP contribution is 2.37. The van der Waals surface area contributed by atoms with Gasteiger partial charge in [-0.25, -0.2) is 4.98 Å². The number of nitrogens with two attached hydrogens (primary N) is 1. The Hall–Kier alpha value is -0.610. The summed E-state index contributed by atoms with van der Waals surface area (Å²) in [5.74, 6) is 0. The molecule has 2 heterocycles. The van der Waals surface area contributed by atoms with E-state index in [0.29, 0.717) is 5.13 Å². The fourth-order valence-electron chi connectivity index (χ4n) is 1.63. The monoisotopic (exact) mass is 198 g/mol. The fourth-order valence-corrected chi connectivity index (χ4v) is 2.52. The first-order valence-corrected chi connectivity index (χ1v) is 5.32. The van der Waals surface area contributed by atoms with Crippen molar-refractivity contribution in [3.05, 3.63) is 11.1 Å². The van der Waals surface area contributed by atoms with Crippen LogP contribution in [-0.2, 0) is 10.2 Å². The van der Waals surface area contributed by atoms with Crippen LogP contribution in [0.3, 0.4) is 0 Å². The Morgan fingerprint density at radius 3 is 2.77 bits per heavy atom. The molecule has 0 radical (unpaired) electrons. The van der Waals surface area contributed by atoms with Crippen molar-refractivity contribution in [3.63, 3.8) is 0 Å². The third-order valence-corrected chi connectivity index (χ3v) is 3.85. The zero-order valence-corrected chi connectivity index (χ0v) is 8.56. The minimum Gasteiger partial charge on any atom is -0.381 e. The molecule has 1 aromatic heterocycles. The second kappa shape index (κ2) is 3.27. The molecule has 0 unspecified atom stereocenters. The number of hydrogen-bond donors (Lipinski definition) is 1. The molecule has 0 spiro atoms. The summed E-state index contributed by atoms with van der Waals surface area (Å²) in [5, 5.41) is 0.669. The molecule has 1 saturated heterocycles. The van der Waals surface area contributed by atoms with Crippen LogP contribution in [0.5, 0.6) is 0 Å². The van der Waals surface area contributed by atoms with Crippen LogP contribution in [0.2, 0.25) is 0 Å². The molecule has 2 N–H and O–H groups in total. The Labute approximate surface area is 81.9 Å². The first-order valence-electron chi connectivity index (χ1n) is 4.50. The van der Waals surface area contributed by atoms with E-state index in [9.17, 15) is 0 Å². The first-order chi connectivity index (χ1) is 6.21. The summed E-state index contributed by atoms with van der Waals surface area (Å²) in [7, 11) is 0. The van der Waals surface area contributed by atoms with E-state index in [4.69, 9.17) is 10.5 Å². The van der Waals surface area contributed by atoms with Crippen molar-refractivity contribution in [2.45, 2.75) is 25.2 Å². The molecule has 0 saturated carbocycles. The van der Waals surface area contributed by atoms with Crippen LogP contribution < -0.4 is 5.73 Å². The van der Waals surface area contributed by atoms with Crippen molar-refractivity contribution in [1.29, 1.82) is 0 Å². The van der Waals surface area contributed by atoms with Gasteiger partial charge in [0, 0.05) is 29.7 Å². The lowest BCUT2D eigenvalue weighted by molar-refractivity contribution is 0.0575. The molecule has 1 aliphatic heterocycles. The molecular formula is C9H14N2OS. The zero-order chi connectivity index (χ0) is 9.31. The molecule has 0 aromatic carbocycles. The summed E-state index contributed by atoms with van der Waals surface area (Å²) in [5.41, 5.74) is 5.86. The molecular weight excluding hydrogens is 184 g/mol. The number of hydrogen-bond acceptors (Lipinski definition) is 4. The quantitative estimate of drug-likeness (QED) is 0.748. The predicted molar refractivity (Wildman–Crippen MR) is 53.9 cm³/mol.